The first-order valence-electron chi connectivity index (χ1n) is 6.04. The number of benzene rings is 1. The summed E-state index contributed by atoms with van der Waals surface area (Å²) in [7, 11) is 0. The van der Waals surface area contributed by atoms with Gasteiger partial charge in [-0.3, -0.25) is 10.1 Å². The topological polar surface area (TPSA) is 73.3 Å². The molecular weight excluding hydrogens is 301 g/mol. The molecule has 0 amide bonds. The zero-order chi connectivity index (χ0) is 15.9. The Balaban J connectivity index is 2.36. The second-order valence-electron chi connectivity index (χ2n) is 4.41. The lowest BCUT2D eigenvalue weighted by Crippen LogP contribution is -2.13. The van der Waals surface area contributed by atoms with Gasteiger partial charge in [0.1, 0.15) is 6.20 Å². The van der Waals surface area contributed by atoms with Gasteiger partial charge in [-0.2, -0.15) is 18.3 Å². The summed E-state index contributed by atoms with van der Waals surface area (Å²) in [5, 5.41) is 14.3. The van der Waals surface area contributed by atoms with E-state index in [1.807, 2.05) is 0 Å². The van der Waals surface area contributed by atoms with Gasteiger partial charge in [-0.1, -0.05) is 30.3 Å². The summed E-state index contributed by atoms with van der Waals surface area (Å²) >= 11 is 0. The highest BCUT2D eigenvalue weighted by atomic mass is 19.4. The smallest absolute Gasteiger partial charge is 0.258 e. The molecule has 0 aliphatic rings. The van der Waals surface area contributed by atoms with Gasteiger partial charge < -0.3 is 0 Å². The third kappa shape index (κ3) is 2.26. The highest BCUT2D eigenvalue weighted by molar-refractivity contribution is 5.67. The van der Waals surface area contributed by atoms with E-state index in [0.717, 1.165) is 12.3 Å². The quantitative estimate of drug-likeness (QED) is 0.537. The largest absolute Gasteiger partial charge is 0.433 e. The van der Waals surface area contributed by atoms with Gasteiger partial charge in [-0.05, 0) is 6.07 Å². The minimum Gasteiger partial charge on any atom is -0.258 e. The third-order valence-electron chi connectivity index (χ3n) is 3.01. The molecule has 0 saturated heterocycles. The van der Waals surface area contributed by atoms with E-state index >= 15 is 0 Å². The molecular formula is C13H7F3N4O2. The fourth-order valence-corrected chi connectivity index (χ4v) is 2.04. The zero-order valence-electron chi connectivity index (χ0n) is 10.8. The number of rotatable bonds is 2. The Morgan fingerprint density at radius 2 is 1.86 bits per heavy atom. The second kappa shape index (κ2) is 4.79. The van der Waals surface area contributed by atoms with E-state index in [0.29, 0.717) is 10.1 Å². The van der Waals surface area contributed by atoms with Crippen LogP contribution >= 0.6 is 0 Å². The molecule has 0 bridgehead atoms. The van der Waals surface area contributed by atoms with Crippen LogP contribution in [0.5, 0.6) is 0 Å². The third-order valence-corrected chi connectivity index (χ3v) is 3.01. The van der Waals surface area contributed by atoms with Gasteiger partial charge >= 0.3 is 11.9 Å². The van der Waals surface area contributed by atoms with E-state index in [1.165, 1.54) is 0 Å². The van der Waals surface area contributed by atoms with Crippen LogP contribution < -0.4 is 0 Å². The molecule has 0 atom stereocenters. The van der Waals surface area contributed by atoms with Gasteiger partial charge in [0.2, 0.25) is 5.65 Å². The normalized spacial score (nSPS) is 11.8. The minimum absolute atomic E-state index is 0.0102. The number of hydrogen-bond donors (Lipinski definition) is 0. The maximum atomic E-state index is 13.2. The Hall–Kier alpha value is -2.97. The van der Waals surface area contributed by atoms with Crippen molar-refractivity contribution in [2.24, 2.45) is 0 Å². The lowest BCUT2D eigenvalue weighted by Gasteiger charge is -2.10. The molecule has 0 aliphatic carbocycles. The van der Waals surface area contributed by atoms with Gasteiger partial charge in [0.05, 0.1) is 10.6 Å². The maximum Gasteiger partial charge on any atom is 0.433 e. The van der Waals surface area contributed by atoms with E-state index in [2.05, 4.69) is 10.1 Å². The summed E-state index contributed by atoms with van der Waals surface area (Å²) < 4.78 is 39.9. The van der Waals surface area contributed by atoms with Gasteiger partial charge in [-0.25, -0.2) is 9.50 Å². The molecule has 22 heavy (non-hydrogen) atoms. The van der Waals surface area contributed by atoms with Crippen LogP contribution in [0.3, 0.4) is 0 Å². The van der Waals surface area contributed by atoms with E-state index in [9.17, 15) is 23.3 Å². The first-order valence-corrected chi connectivity index (χ1v) is 6.04. The number of alkyl halides is 3. The molecule has 0 unspecified atom stereocenters. The number of aromatic nitrogens is 3. The molecule has 112 valence electrons. The molecule has 9 heteroatoms. The van der Waals surface area contributed by atoms with Crippen molar-refractivity contribution in [2.45, 2.75) is 6.18 Å². The van der Waals surface area contributed by atoms with Crippen LogP contribution in [0.15, 0.2) is 42.6 Å². The van der Waals surface area contributed by atoms with Gasteiger partial charge in [0, 0.05) is 5.56 Å². The van der Waals surface area contributed by atoms with Crippen molar-refractivity contribution in [1.82, 2.24) is 14.6 Å². The molecule has 1 aromatic carbocycles. The monoisotopic (exact) mass is 308 g/mol. The number of fused-ring (bicyclic) bond motifs is 1. The molecule has 0 aliphatic heterocycles. The van der Waals surface area contributed by atoms with Crippen molar-refractivity contribution in [3.8, 4) is 11.3 Å². The fraction of sp³-hybridized carbons (Fsp3) is 0.0769. The molecule has 2 aromatic heterocycles. The van der Waals surface area contributed by atoms with E-state index < -0.39 is 28.1 Å². The Morgan fingerprint density at radius 1 is 1.18 bits per heavy atom. The van der Waals surface area contributed by atoms with Gasteiger partial charge in [-0.15, -0.1) is 0 Å². The standard InChI is InChI=1S/C13H7F3N4O2/c14-13(15,16)11-6-9(8-4-2-1-3-5-8)18-12-10(20(21)22)7-17-19(11)12/h1-7H. The van der Waals surface area contributed by atoms with Crippen molar-refractivity contribution >= 4 is 11.3 Å². The first kappa shape index (κ1) is 14.0. The van der Waals surface area contributed by atoms with E-state index in [-0.39, 0.29) is 5.69 Å². The van der Waals surface area contributed by atoms with Crippen LogP contribution in [-0.2, 0) is 6.18 Å². The molecule has 0 N–H and O–H groups in total. The van der Waals surface area contributed by atoms with Crippen molar-refractivity contribution in [3.05, 3.63) is 58.4 Å². The summed E-state index contributed by atoms with van der Waals surface area (Å²) in [6.45, 7) is 0. The Morgan fingerprint density at radius 3 is 2.45 bits per heavy atom. The lowest BCUT2D eigenvalue weighted by molar-refractivity contribution is -0.383. The average molecular weight is 308 g/mol. The Bertz CT molecular complexity index is 859. The van der Waals surface area contributed by atoms with Crippen LogP contribution in [0.25, 0.3) is 16.9 Å². The fourth-order valence-electron chi connectivity index (χ4n) is 2.04. The summed E-state index contributed by atoms with van der Waals surface area (Å²) in [5.74, 6) is 0. The van der Waals surface area contributed by atoms with Crippen molar-refractivity contribution in [1.29, 1.82) is 0 Å². The average Bonchev–Trinajstić information content (AvgIpc) is 2.90. The summed E-state index contributed by atoms with van der Waals surface area (Å²) in [6.07, 6.45) is -3.96. The maximum absolute atomic E-state index is 13.2. The predicted octanol–water partition coefficient (Wildman–Crippen LogP) is 3.32. The molecule has 3 aromatic rings. The minimum atomic E-state index is -4.72. The first-order chi connectivity index (χ1) is 10.4. The number of hydrogen-bond acceptors (Lipinski definition) is 4. The highest BCUT2D eigenvalue weighted by Crippen LogP contribution is 2.33. The van der Waals surface area contributed by atoms with Gasteiger partial charge in [0.15, 0.2) is 5.69 Å². The van der Waals surface area contributed by atoms with Crippen LogP contribution in [0.4, 0.5) is 18.9 Å². The van der Waals surface area contributed by atoms with Crippen LogP contribution in [0.1, 0.15) is 5.69 Å². The number of halogens is 3. The van der Waals surface area contributed by atoms with Crippen molar-refractivity contribution in [2.75, 3.05) is 0 Å². The molecule has 2 heterocycles. The highest BCUT2D eigenvalue weighted by Gasteiger charge is 2.36. The molecule has 0 fully saturated rings. The molecule has 3 rings (SSSR count). The van der Waals surface area contributed by atoms with Crippen molar-refractivity contribution < 1.29 is 18.1 Å². The van der Waals surface area contributed by atoms with E-state index in [4.69, 9.17) is 0 Å². The molecule has 0 spiro atoms. The number of nitrogens with zero attached hydrogens (tertiary/aromatic N) is 4. The van der Waals surface area contributed by atoms with Crippen molar-refractivity contribution in [3.63, 3.8) is 0 Å². The van der Waals surface area contributed by atoms with Gasteiger partial charge in [0.25, 0.3) is 0 Å². The molecule has 0 radical (unpaired) electrons. The Kier molecular flexibility index (Phi) is 3.05. The van der Waals surface area contributed by atoms with Crippen LogP contribution in [-0.4, -0.2) is 19.5 Å². The van der Waals surface area contributed by atoms with E-state index in [1.54, 1.807) is 30.3 Å². The predicted molar refractivity (Wildman–Crippen MR) is 70.1 cm³/mol. The Labute approximate surface area is 121 Å². The second-order valence-corrected chi connectivity index (χ2v) is 4.41. The lowest BCUT2D eigenvalue weighted by atomic mass is 10.1. The SMILES string of the molecule is O=[N+]([O-])c1cnn2c(C(F)(F)F)cc(-c3ccccc3)nc12. The molecule has 0 saturated carbocycles. The zero-order valence-corrected chi connectivity index (χ0v) is 10.8. The summed E-state index contributed by atoms with van der Waals surface area (Å²) in [4.78, 5) is 14.1. The van der Waals surface area contributed by atoms with Crippen LogP contribution in [0.2, 0.25) is 0 Å². The number of nitro groups is 1. The van der Waals surface area contributed by atoms with Crippen LogP contribution in [0, 0.1) is 10.1 Å². The molecule has 6 nitrogen and oxygen atoms in total. The summed E-state index contributed by atoms with van der Waals surface area (Å²) in [6, 6.07) is 8.94. The summed E-state index contributed by atoms with van der Waals surface area (Å²) in [5.41, 5.74) is -1.73.